The molecule has 4 rings (SSSR count). The van der Waals surface area contributed by atoms with Crippen LogP contribution in [-0.2, 0) is 11.0 Å². The van der Waals surface area contributed by atoms with Crippen molar-refractivity contribution in [2.24, 2.45) is 5.73 Å². The number of hydrogen-bond acceptors (Lipinski definition) is 6. The number of carbonyl (C=O) groups excluding carboxylic acids is 2. The highest BCUT2D eigenvalue weighted by Crippen LogP contribution is 2.30. The van der Waals surface area contributed by atoms with E-state index in [-0.39, 0.29) is 23.6 Å². The van der Waals surface area contributed by atoms with Crippen LogP contribution >= 0.6 is 0 Å². The Kier molecular flexibility index (Phi) is 7.69. The van der Waals surface area contributed by atoms with Gasteiger partial charge in [0.15, 0.2) is 0 Å². The molecule has 0 atom stereocenters. The second-order valence-electron chi connectivity index (χ2n) is 7.95. The molecule has 1 fully saturated rings. The standard InChI is InChI=1S/C21H21F3N6O2.CH2O2/c1-29-7-5-12(6-8-29)16-9-13-10-17(14(19(25)31)11-30(13)28-16)27-20(32)15-3-2-4-18(26-15)21(22,23)24;2-1-3/h2-4,9-12H,5-8H2,1H3,(H2,25,31)(H,27,32);1H,(H,2,3). The number of fused-ring (bicyclic) bond motifs is 1. The summed E-state index contributed by atoms with van der Waals surface area (Å²) in [6, 6.07) is 6.42. The maximum absolute atomic E-state index is 12.9. The molecule has 1 aliphatic rings. The molecule has 0 saturated carbocycles. The molecule has 4 N–H and O–H groups in total. The van der Waals surface area contributed by atoms with Crippen LogP contribution in [0.4, 0.5) is 18.9 Å². The number of carbonyl (C=O) groups is 3. The summed E-state index contributed by atoms with van der Waals surface area (Å²) in [5.74, 6) is -1.43. The van der Waals surface area contributed by atoms with Gasteiger partial charge in [-0.15, -0.1) is 0 Å². The number of halogens is 3. The second kappa shape index (κ2) is 10.5. The predicted molar refractivity (Wildman–Crippen MR) is 119 cm³/mol. The average Bonchev–Trinajstić information content (AvgIpc) is 3.22. The molecule has 35 heavy (non-hydrogen) atoms. The van der Waals surface area contributed by atoms with Gasteiger partial charge in [0, 0.05) is 12.1 Å². The highest BCUT2D eigenvalue weighted by molar-refractivity contribution is 6.08. The smallest absolute Gasteiger partial charge is 0.433 e. The zero-order chi connectivity index (χ0) is 25.8. The van der Waals surface area contributed by atoms with Gasteiger partial charge < -0.3 is 21.1 Å². The molecule has 3 aromatic rings. The Morgan fingerprint density at radius 2 is 1.89 bits per heavy atom. The normalized spacial score (nSPS) is 14.7. The second-order valence-corrected chi connectivity index (χ2v) is 7.95. The first-order valence-electron chi connectivity index (χ1n) is 10.5. The quantitative estimate of drug-likeness (QED) is 0.475. The number of nitrogens with one attached hydrogen (secondary N) is 1. The van der Waals surface area contributed by atoms with E-state index in [0.717, 1.165) is 49.8 Å². The number of nitrogens with zero attached hydrogens (tertiary/aromatic N) is 4. The van der Waals surface area contributed by atoms with E-state index in [1.807, 2.05) is 6.07 Å². The number of amides is 2. The molecule has 2 amide bonds. The molecule has 1 saturated heterocycles. The molecule has 13 heteroatoms. The summed E-state index contributed by atoms with van der Waals surface area (Å²) in [4.78, 5) is 38.5. The van der Waals surface area contributed by atoms with Gasteiger partial charge in [-0.3, -0.25) is 14.4 Å². The van der Waals surface area contributed by atoms with Crippen LogP contribution in [0, 0.1) is 0 Å². The first kappa shape index (κ1) is 25.6. The summed E-state index contributed by atoms with van der Waals surface area (Å²) in [6.45, 7) is 1.66. The van der Waals surface area contributed by atoms with Gasteiger partial charge in [-0.25, -0.2) is 9.50 Å². The van der Waals surface area contributed by atoms with Gasteiger partial charge in [-0.05, 0) is 57.2 Å². The van der Waals surface area contributed by atoms with E-state index < -0.39 is 29.4 Å². The third kappa shape index (κ3) is 6.12. The molecule has 0 aromatic carbocycles. The molecule has 4 heterocycles. The van der Waals surface area contributed by atoms with E-state index in [4.69, 9.17) is 15.6 Å². The summed E-state index contributed by atoms with van der Waals surface area (Å²) >= 11 is 0. The van der Waals surface area contributed by atoms with E-state index in [1.54, 1.807) is 0 Å². The molecule has 0 radical (unpaired) electrons. The number of nitrogens with two attached hydrogens (primary N) is 1. The maximum Gasteiger partial charge on any atom is 0.433 e. The molecular formula is C22H23F3N6O4. The number of carboxylic acid groups (broad SMARTS) is 1. The van der Waals surface area contributed by atoms with Crippen LogP contribution in [0.15, 0.2) is 36.5 Å². The Labute approximate surface area is 197 Å². The maximum atomic E-state index is 12.9. The van der Waals surface area contributed by atoms with Crippen molar-refractivity contribution < 1.29 is 32.7 Å². The highest BCUT2D eigenvalue weighted by atomic mass is 19.4. The summed E-state index contributed by atoms with van der Waals surface area (Å²) in [6.07, 6.45) is -1.37. The van der Waals surface area contributed by atoms with Crippen molar-refractivity contribution >= 4 is 29.5 Å². The van der Waals surface area contributed by atoms with Gasteiger partial charge in [0.25, 0.3) is 18.3 Å². The zero-order valence-corrected chi connectivity index (χ0v) is 18.6. The third-order valence-corrected chi connectivity index (χ3v) is 5.54. The van der Waals surface area contributed by atoms with Crippen LogP contribution in [-0.4, -0.2) is 63.0 Å². The fourth-order valence-electron chi connectivity index (χ4n) is 3.77. The lowest BCUT2D eigenvalue weighted by Crippen LogP contribution is -2.29. The molecular weight excluding hydrogens is 469 g/mol. The highest BCUT2D eigenvalue weighted by Gasteiger charge is 2.33. The number of likely N-dealkylation sites (tertiary alicyclic amines) is 1. The lowest BCUT2D eigenvalue weighted by atomic mass is 9.94. The van der Waals surface area contributed by atoms with E-state index in [0.29, 0.717) is 5.52 Å². The lowest BCUT2D eigenvalue weighted by molar-refractivity contribution is -0.141. The van der Waals surface area contributed by atoms with Gasteiger partial charge in [0.05, 0.1) is 22.5 Å². The molecule has 3 aromatic heterocycles. The minimum atomic E-state index is -4.69. The van der Waals surface area contributed by atoms with Crippen LogP contribution in [0.2, 0.25) is 0 Å². The minimum absolute atomic E-state index is 0.0177. The summed E-state index contributed by atoms with van der Waals surface area (Å²) < 4.78 is 40.3. The van der Waals surface area contributed by atoms with Crippen LogP contribution in [0.25, 0.3) is 5.52 Å². The first-order chi connectivity index (χ1) is 16.5. The van der Waals surface area contributed by atoms with Gasteiger partial charge in [0.2, 0.25) is 0 Å². The number of alkyl halides is 3. The molecule has 0 bridgehead atoms. The Hall–Kier alpha value is -4.00. The predicted octanol–water partition coefficient (Wildman–Crippen LogP) is 2.61. The van der Waals surface area contributed by atoms with Crippen molar-refractivity contribution in [3.05, 3.63) is 59.2 Å². The van der Waals surface area contributed by atoms with E-state index in [9.17, 15) is 22.8 Å². The molecule has 0 unspecified atom stereocenters. The van der Waals surface area contributed by atoms with Gasteiger partial charge >= 0.3 is 6.18 Å². The van der Waals surface area contributed by atoms with Crippen LogP contribution in [0.3, 0.4) is 0 Å². The Bertz CT molecular complexity index is 1240. The molecule has 1 aliphatic heterocycles. The van der Waals surface area contributed by atoms with Crippen LogP contribution < -0.4 is 11.1 Å². The van der Waals surface area contributed by atoms with Crippen molar-refractivity contribution in [2.75, 3.05) is 25.5 Å². The zero-order valence-electron chi connectivity index (χ0n) is 18.6. The summed E-state index contributed by atoms with van der Waals surface area (Å²) in [5, 5.41) is 13.9. The number of pyridine rings is 2. The van der Waals surface area contributed by atoms with Crippen molar-refractivity contribution in [2.45, 2.75) is 24.9 Å². The number of aromatic nitrogens is 3. The number of hydrogen-bond donors (Lipinski definition) is 3. The van der Waals surface area contributed by atoms with Crippen molar-refractivity contribution in [3.63, 3.8) is 0 Å². The van der Waals surface area contributed by atoms with E-state index in [1.165, 1.54) is 16.8 Å². The fourth-order valence-corrected chi connectivity index (χ4v) is 3.77. The lowest BCUT2D eigenvalue weighted by Gasteiger charge is -2.27. The third-order valence-electron chi connectivity index (χ3n) is 5.54. The summed E-state index contributed by atoms with van der Waals surface area (Å²) in [5.41, 5.74) is 5.39. The molecule has 0 spiro atoms. The Balaban J connectivity index is 0.00000108. The molecule has 10 nitrogen and oxygen atoms in total. The molecule has 186 valence electrons. The monoisotopic (exact) mass is 492 g/mol. The number of rotatable bonds is 4. The van der Waals surface area contributed by atoms with E-state index in [2.05, 4.69) is 27.3 Å². The number of anilines is 1. The molecule has 0 aliphatic carbocycles. The largest absolute Gasteiger partial charge is 0.483 e. The summed E-state index contributed by atoms with van der Waals surface area (Å²) in [7, 11) is 2.06. The topological polar surface area (TPSA) is 143 Å². The SMILES string of the molecule is CN1CCC(c2cc3cc(NC(=O)c4cccc(C(F)(F)F)n4)c(C(N)=O)cn3n2)CC1.O=CO. The van der Waals surface area contributed by atoms with Crippen LogP contribution in [0.1, 0.15) is 51.0 Å². The van der Waals surface area contributed by atoms with Crippen LogP contribution in [0.5, 0.6) is 0 Å². The average molecular weight is 492 g/mol. The number of piperidine rings is 1. The Morgan fingerprint density at radius 1 is 1.23 bits per heavy atom. The van der Waals surface area contributed by atoms with Crippen molar-refractivity contribution in [1.29, 1.82) is 0 Å². The van der Waals surface area contributed by atoms with Gasteiger partial charge in [-0.2, -0.15) is 18.3 Å². The van der Waals surface area contributed by atoms with Gasteiger partial charge in [-0.1, -0.05) is 6.07 Å². The van der Waals surface area contributed by atoms with E-state index >= 15 is 0 Å². The van der Waals surface area contributed by atoms with Crippen molar-refractivity contribution in [3.8, 4) is 0 Å². The minimum Gasteiger partial charge on any atom is -0.483 e. The first-order valence-corrected chi connectivity index (χ1v) is 10.5. The van der Waals surface area contributed by atoms with Gasteiger partial charge in [0.1, 0.15) is 11.4 Å². The fraction of sp³-hybridized carbons (Fsp3) is 0.318. The number of primary amides is 1. The Morgan fingerprint density at radius 3 is 2.49 bits per heavy atom. The van der Waals surface area contributed by atoms with Crippen molar-refractivity contribution in [1.82, 2.24) is 19.5 Å².